The number of H-pyrrole nitrogens is 1. The van der Waals surface area contributed by atoms with Gasteiger partial charge in [-0.15, -0.1) is 0 Å². The van der Waals surface area contributed by atoms with E-state index in [9.17, 15) is 9.59 Å². The van der Waals surface area contributed by atoms with Crippen molar-refractivity contribution in [3.63, 3.8) is 0 Å². The summed E-state index contributed by atoms with van der Waals surface area (Å²) < 4.78 is 5.18. The number of aromatic amines is 1. The lowest BCUT2D eigenvalue weighted by Crippen LogP contribution is -2.46. The number of para-hydroxylation sites is 2. The summed E-state index contributed by atoms with van der Waals surface area (Å²) in [6, 6.07) is 10.2. The summed E-state index contributed by atoms with van der Waals surface area (Å²) in [6.07, 6.45) is 2.90. The summed E-state index contributed by atoms with van der Waals surface area (Å²) in [7, 11) is 0. The Balaban J connectivity index is 1.47. The molecule has 2 amide bonds. The van der Waals surface area contributed by atoms with Crippen LogP contribution in [0.15, 0.2) is 47.1 Å². The number of carbonyl (C=O) groups is 2. The Morgan fingerprint density at radius 2 is 2.15 bits per heavy atom. The molecule has 1 fully saturated rings. The lowest BCUT2D eigenvalue weighted by Gasteiger charge is -2.24. The largest absolute Gasteiger partial charge is 0.459 e. The van der Waals surface area contributed by atoms with Gasteiger partial charge in [0.05, 0.1) is 23.3 Å². The van der Waals surface area contributed by atoms with Gasteiger partial charge in [0.1, 0.15) is 11.9 Å². The predicted octanol–water partition coefficient (Wildman–Crippen LogP) is 2.64. The number of hydrogen-bond acceptors (Lipinski definition) is 4. The zero-order valence-electron chi connectivity index (χ0n) is 14.4. The standard InChI is InChI=1S/C19H20N4O3/c1-12(17-21-13-6-2-3-7-14(13)22-17)20-18(24)15-8-4-10-23(15)19(25)16-9-5-11-26-16/h2-3,5-7,9,11-12,15H,4,8,10H2,1H3,(H,20,24)(H,21,22). The Bertz CT molecular complexity index is 898. The van der Waals surface area contributed by atoms with Gasteiger partial charge in [-0.05, 0) is 44.0 Å². The van der Waals surface area contributed by atoms with Gasteiger partial charge in [-0.25, -0.2) is 4.98 Å². The van der Waals surface area contributed by atoms with Crippen molar-refractivity contribution in [1.82, 2.24) is 20.2 Å². The summed E-state index contributed by atoms with van der Waals surface area (Å²) in [5.41, 5.74) is 1.79. The first-order valence-electron chi connectivity index (χ1n) is 8.73. The topological polar surface area (TPSA) is 91.2 Å². The number of nitrogens with zero attached hydrogens (tertiary/aromatic N) is 2. The van der Waals surface area contributed by atoms with Crippen LogP contribution in [0.1, 0.15) is 42.2 Å². The molecule has 1 saturated heterocycles. The molecular formula is C19H20N4O3. The molecule has 7 nitrogen and oxygen atoms in total. The molecule has 0 saturated carbocycles. The van der Waals surface area contributed by atoms with Crippen LogP contribution >= 0.6 is 0 Å². The molecule has 1 aliphatic heterocycles. The van der Waals surface area contributed by atoms with Gasteiger partial charge in [-0.2, -0.15) is 0 Å². The van der Waals surface area contributed by atoms with Crippen molar-refractivity contribution in [3.8, 4) is 0 Å². The second kappa shape index (κ2) is 6.67. The van der Waals surface area contributed by atoms with Crippen LogP contribution in [0.5, 0.6) is 0 Å². The van der Waals surface area contributed by atoms with Gasteiger partial charge in [-0.3, -0.25) is 9.59 Å². The third-order valence-electron chi connectivity index (χ3n) is 4.72. The average molecular weight is 352 g/mol. The van der Waals surface area contributed by atoms with Crippen molar-refractivity contribution in [1.29, 1.82) is 0 Å². The van der Waals surface area contributed by atoms with Crippen molar-refractivity contribution < 1.29 is 14.0 Å². The summed E-state index contributed by atoms with van der Waals surface area (Å²) in [5.74, 6) is 0.538. The van der Waals surface area contributed by atoms with E-state index in [1.165, 1.54) is 6.26 Å². The van der Waals surface area contributed by atoms with Gasteiger partial charge in [0.15, 0.2) is 5.76 Å². The number of nitrogens with one attached hydrogen (secondary N) is 2. The van der Waals surface area contributed by atoms with E-state index in [4.69, 9.17) is 4.42 Å². The molecule has 4 rings (SSSR count). The monoisotopic (exact) mass is 352 g/mol. The summed E-state index contributed by atoms with van der Waals surface area (Å²) in [5, 5.41) is 2.97. The molecular weight excluding hydrogens is 332 g/mol. The smallest absolute Gasteiger partial charge is 0.290 e. The van der Waals surface area contributed by atoms with E-state index in [2.05, 4.69) is 15.3 Å². The van der Waals surface area contributed by atoms with E-state index in [-0.39, 0.29) is 23.6 Å². The quantitative estimate of drug-likeness (QED) is 0.755. The Morgan fingerprint density at radius 3 is 2.92 bits per heavy atom. The third-order valence-corrected chi connectivity index (χ3v) is 4.72. The highest BCUT2D eigenvalue weighted by Gasteiger charge is 2.36. The van der Waals surface area contributed by atoms with E-state index in [0.717, 1.165) is 17.5 Å². The zero-order chi connectivity index (χ0) is 18.1. The molecule has 0 spiro atoms. The maximum absolute atomic E-state index is 12.8. The Labute approximate surface area is 150 Å². The normalized spacial score (nSPS) is 18.2. The molecule has 2 aromatic heterocycles. The fourth-order valence-corrected chi connectivity index (χ4v) is 3.38. The molecule has 3 aromatic rings. The highest BCUT2D eigenvalue weighted by Crippen LogP contribution is 2.22. The molecule has 0 aliphatic carbocycles. The highest BCUT2D eigenvalue weighted by atomic mass is 16.3. The lowest BCUT2D eigenvalue weighted by atomic mass is 10.2. The Kier molecular flexibility index (Phi) is 4.20. The lowest BCUT2D eigenvalue weighted by molar-refractivity contribution is -0.125. The van der Waals surface area contributed by atoms with Crippen molar-refractivity contribution in [2.24, 2.45) is 0 Å². The van der Waals surface area contributed by atoms with Crippen molar-refractivity contribution in [2.75, 3.05) is 6.54 Å². The number of aromatic nitrogens is 2. The minimum absolute atomic E-state index is 0.171. The van der Waals surface area contributed by atoms with Crippen LogP contribution in [0.3, 0.4) is 0 Å². The van der Waals surface area contributed by atoms with Crippen molar-refractivity contribution in [3.05, 3.63) is 54.2 Å². The van der Waals surface area contributed by atoms with Crippen LogP contribution in [-0.4, -0.2) is 39.3 Å². The van der Waals surface area contributed by atoms with E-state index in [1.807, 2.05) is 31.2 Å². The molecule has 1 aliphatic rings. The maximum Gasteiger partial charge on any atom is 0.290 e. The molecule has 1 aromatic carbocycles. The summed E-state index contributed by atoms with van der Waals surface area (Å²) in [6.45, 7) is 2.43. The number of likely N-dealkylation sites (tertiary alicyclic amines) is 1. The second-order valence-electron chi connectivity index (χ2n) is 6.50. The Hall–Kier alpha value is -3.09. The number of benzene rings is 1. The van der Waals surface area contributed by atoms with Crippen LogP contribution in [0.2, 0.25) is 0 Å². The number of hydrogen-bond donors (Lipinski definition) is 2. The first-order chi connectivity index (χ1) is 12.6. The molecule has 3 heterocycles. The molecule has 2 atom stereocenters. The minimum atomic E-state index is -0.487. The van der Waals surface area contributed by atoms with Crippen molar-refractivity contribution >= 4 is 22.8 Å². The molecule has 26 heavy (non-hydrogen) atoms. The van der Waals surface area contributed by atoms with Crippen molar-refractivity contribution in [2.45, 2.75) is 31.8 Å². The van der Waals surface area contributed by atoms with E-state index >= 15 is 0 Å². The van der Waals surface area contributed by atoms with Gasteiger partial charge in [-0.1, -0.05) is 12.1 Å². The van der Waals surface area contributed by atoms with E-state index in [1.54, 1.807) is 17.0 Å². The fraction of sp³-hybridized carbons (Fsp3) is 0.316. The summed E-state index contributed by atoms with van der Waals surface area (Å²) >= 11 is 0. The second-order valence-corrected chi connectivity index (χ2v) is 6.50. The molecule has 0 radical (unpaired) electrons. The SMILES string of the molecule is CC(NC(=O)C1CCCN1C(=O)c1ccco1)c1nc2ccccc2[nH]1. The number of rotatable bonds is 4. The summed E-state index contributed by atoms with van der Waals surface area (Å²) in [4.78, 5) is 34.6. The number of imidazole rings is 1. The maximum atomic E-state index is 12.8. The number of fused-ring (bicyclic) bond motifs is 1. The molecule has 2 unspecified atom stereocenters. The number of amides is 2. The molecule has 134 valence electrons. The van der Waals surface area contributed by atoms with Gasteiger partial charge in [0, 0.05) is 6.54 Å². The Morgan fingerprint density at radius 1 is 1.31 bits per heavy atom. The van der Waals surface area contributed by atoms with E-state index in [0.29, 0.717) is 18.8 Å². The third kappa shape index (κ3) is 2.96. The van der Waals surface area contributed by atoms with Crippen LogP contribution < -0.4 is 5.32 Å². The first-order valence-corrected chi connectivity index (χ1v) is 8.73. The predicted molar refractivity (Wildman–Crippen MR) is 95.4 cm³/mol. The van der Waals surface area contributed by atoms with Crippen LogP contribution in [0, 0.1) is 0 Å². The van der Waals surface area contributed by atoms with Crippen LogP contribution in [0.4, 0.5) is 0 Å². The molecule has 7 heteroatoms. The number of furan rings is 1. The van der Waals surface area contributed by atoms with E-state index < -0.39 is 6.04 Å². The number of carbonyl (C=O) groups excluding carboxylic acids is 2. The van der Waals surface area contributed by atoms with Gasteiger partial charge < -0.3 is 19.6 Å². The molecule has 0 bridgehead atoms. The van der Waals surface area contributed by atoms with Crippen LogP contribution in [-0.2, 0) is 4.79 Å². The fourth-order valence-electron chi connectivity index (χ4n) is 3.38. The van der Waals surface area contributed by atoms with Gasteiger partial charge in [0.2, 0.25) is 5.91 Å². The average Bonchev–Trinajstić information content (AvgIpc) is 3.40. The van der Waals surface area contributed by atoms with Gasteiger partial charge in [0.25, 0.3) is 5.91 Å². The highest BCUT2D eigenvalue weighted by molar-refractivity contribution is 5.96. The zero-order valence-corrected chi connectivity index (χ0v) is 14.4. The molecule has 2 N–H and O–H groups in total. The first kappa shape index (κ1) is 16.4. The minimum Gasteiger partial charge on any atom is -0.459 e. The van der Waals surface area contributed by atoms with Crippen LogP contribution in [0.25, 0.3) is 11.0 Å². The van der Waals surface area contributed by atoms with Gasteiger partial charge >= 0.3 is 0 Å².